The first-order valence-corrected chi connectivity index (χ1v) is 10.9. The standard InChI is InChI=1S/C23H27N3OS.2ClH/c24-14-18-15-26(16-19(18)17-8-2-1-3-9-17)23(27)13-7-6-12-22-25-20-10-4-5-11-21(20)28-22;;/h1-5,8-11,18-19H,6-7,12-16,24H2;2*1H/t18-,19+;;/m1../s1. The highest BCUT2D eigenvalue weighted by molar-refractivity contribution is 7.18. The molecule has 4 rings (SSSR count). The molecule has 0 aliphatic carbocycles. The number of nitrogens with two attached hydrogens (primary N) is 1. The van der Waals surface area contributed by atoms with Crippen LogP contribution in [0, 0.1) is 5.92 Å². The Balaban J connectivity index is 0.00000160. The van der Waals surface area contributed by atoms with E-state index in [9.17, 15) is 4.79 Å². The van der Waals surface area contributed by atoms with Gasteiger partial charge < -0.3 is 10.6 Å². The number of hydrogen-bond donors (Lipinski definition) is 1. The van der Waals surface area contributed by atoms with Crippen LogP contribution >= 0.6 is 36.2 Å². The molecule has 2 aromatic carbocycles. The Hall–Kier alpha value is -1.66. The summed E-state index contributed by atoms with van der Waals surface area (Å²) in [6, 6.07) is 18.7. The number of carbonyl (C=O) groups is 1. The molecule has 1 aliphatic heterocycles. The summed E-state index contributed by atoms with van der Waals surface area (Å²) in [6.07, 6.45) is 3.48. The van der Waals surface area contributed by atoms with E-state index in [1.807, 2.05) is 17.0 Å². The van der Waals surface area contributed by atoms with Crippen LogP contribution in [-0.4, -0.2) is 35.4 Å². The molecule has 1 aromatic heterocycles. The van der Waals surface area contributed by atoms with E-state index < -0.39 is 0 Å². The maximum Gasteiger partial charge on any atom is 0.222 e. The third-order valence-corrected chi connectivity index (χ3v) is 6.79. The number of likely N-dealkylation sites (tertiary alicyclic amines) is 1. The number of nitrogens with zero attached hydrogens (tertiary/aromatic N) is 2. The second-order valence-corrected chi connectivity index (χ2v) is 8.71. The SMILES string of the molecule is Cl.Cl.NC[C@@H]1CN(C(=O)CCCCc2nc3ccccc3s2)C[C@H]1c1ccccc1. The van der Waals surface area contributed by atoms with Gasteiger partial charge in [0.05, 0.1) is 15.2 Å². The van der Waals surface area contributed by atoms with E-state index >= 15 is 0 Å². The van der Waals surface area contributed by atoms with Crippen LogP contribution in [-0.2, 0) is 11.2 Å². The second kappa shape index (κ2) is 11.7. The van der Waals surface area contributed by atoms with Crippen LogP contribution in [0.1, 0.15) is 35.8 Å². The molecule has 2 heterocycles. The zero-order valence-corrected chi connectivity index (χ0v) is 19.4. The minimum atomic E-state index is 0. The molecule has 2 N–H and O–H groups in total. The van der Waals surface area contributed by atoms with Gasteiger partial charge in [-0.25, -0.2) is 4.98 Å². The molecule has 1 amide bonds. The number of fused-ring (bicyclic) bond motifs is 1. The molecule has 7 heteroatoms. The quantitative estimate of drug-likeness (QED) is 0.496. The topological polar surface area (TPSA) is 59.2 Å². The molecule has 0 spiro atoms. The van der Waals surface area contributed by atoms with Gasteiger partial charge >= 0.3 is 0 Å². The predicted molar refractivity (Wildman–Crippen MR) is 130 cm³/mol. The Bertz CT molecular complexity index is 901. The molecular formula is C23H29Cl2N3OS. The van der Waals surface area contributed by atoms with Gasteiger partial charge in [0.25, 0.3) is 0 Å². The number of rotatable bonds is 7. The summed E-state index contributed by atoms with van der Waals surface area (Å²) < 4.78 is 1.24. The fraction of sp³-hybridized carbons (Fsp3) is 0.391. The molecule has 1 saturated heterocycles. The third-order valence-electron chi connectivity index (χ3n) is 5.69. The number of halogens is 2. The minimum absolute atomic E-state index is 0. The van der Waals surface area contributed by atoms with Crippen LogP contribution in [0.15, 0.2) is 54.6 Å². The Kier molecular flexibility index (Phi) is 9.56. The van der Waals surface area contributed by atoms with Gasteiger partial charge in [0.1, 0.15) is 0 Å². The summed E-state index contributed by atoms with van der Waals surface area (Å²) >= 11 is 1.76. The molecule has 0 saturated carbocycles. The summed E-state index contributed by atoms with van der Waals surface area (Å²) in [5.74, 6) is 0.980. The van der Waals surface area contributed by atoms with E-state index in [1.165, 1.54) is 15.3 Å². The van der Waals surface area contributed by atoms with Crippen molar-refractivity contribution in [2.45, 2.75) is 31.6 Å². The highest BCUT2D eigenvalue weighted by atomic mass is 35.5. The lowest BCUT2D eigenvalue weighted by Gasteiger charge is -2.16. The van der Waals surface area contributed by atoms with Crippen LogP contribution in [0.3, 0.4) is 0 Å². The number of aromatic nitrogens is 1. The number of aryl methyl sites for hydroxylation is 1. The van der Waals surface area contributed by atoms with Gasteiger partial charge in [0.2, 0.25) is 5.91 Å². The Morgan fingerprint density at radius 2 is 1.77 bits per heavy atom. The molecular weight excluding hydrogens is 437 g/mol. The molecule has 162 valence electrons. The summed E-state index contributed by atoms with van der Waals surface area (Å²) in [5.41, 5.74) is 8.37. The number of thiazole rings is 1. The number of hydrogen-bond acceptors (Lipinski definition) is 4. The van der Waals surface area contributed by atoms with Gasteiger partial charge in [0, 0.05) is 25.4 Å². The van der Waals surface area contributed by atoms with Crippen molar-refractivity contribution in [3.63, 3.8) is 0 Å². The lowest BCUT2D eigenvalue weighted by molar-refractivity contribution is -0.130. The molecule has 0 unspecified atom stereocenters. The summed E-state index contributed by atoms with van der Waals surface area (Å²) in [5, 5.41) is 1.17. The summed E-state index contributed by atoms with van der Waals surface area (Å²) in [4.78, 5) is 19.4. The monoisotopic (exact) mass is 465 g/mol. The number of para-hydroxylation sites is 1. The van der Waals surface area contributed by atoms with Gasteiger partial charge in [-0.2, -0.15) is 0 Å². The fourth-order valence-electron chi connectivity index (χ4n) is 4.13. The molecule has 30 heavy (non-hydrogen) atoms. The number of benzene rings is 2. The van der Waals surface area contributed by atoms with E-state index in [2.05, 4.69) is 47.4 Å². The second-order valence-electron chi connectivity index (χ2n) is 7.59. The van der Waals surface area contributed by atoms with Crippen molar-refractivity contribution in [2.75, 3.05) is 19.6 Å². The minimum Gasteiger partial charge on any atom is -0.342 e. The maximum absolute atomic E-state index is 12.7. The van der Waals surface area contributed by atoms with Gasteiger partial charge in [-0.15, -0.1) is 36.2 Å². The van der Waals surface area contributed by atoms with E-state index in [1.54, 1.807) is 11.3 Å². The van der Waals surface area contributed by atoms with Crippen molar-refractivity contribution < 1.29 is 4.79 Å². The van der Waals surface area contributed by atoms with Crippen LogP contribution in [0.25, 0.3) is 10.2 Å². The van der Waals surface area contributed by atoms with Gasteiger partial charge in [-0.1, -0.05) is 42.5 Å². The predicted octanol–water partition coefficient (Wildman–Crippen LogP) is 5.05. The highest BCUT2D eigenvalue weighted by Gasteiger charge is 2.34. The van der Waals surface area contributed by atoms with E-state index in [4.69, 9.17) is 5.73 Å². The van der Waals surface area contributed by atoms with Crippen molar-refractivity contribution in [1.29, 1.82) is 0 Å². The average Bonchev–Trinajstić information content (AvgIpc) is 3.35. The fourth-order valence-corrected chi connectivity index (χ4v) is 5.14. The van der Waals surface area contributed by atoms with Gasteiger partial charge in [0.15, 0.2) is 0 Å². The largest absolute Gasteiger partial charge is 0.342 e. The Labute approximate surface area is 194 Å². The Morgan fingerprint density at radius 1 is 1.03 bits per heavy atom. The van der Waals surface area contributed by atoms with Crippen molar-refractivity contribution >= 4 is 52.3 Å². The van der Waals surface area contributed by atoms with Crippen LogP contribution < -0.4 is 5.73 Å². The zero-order chi connectivity index (χ0) is 19.3. The molecule has 0 radical (unpaired) electrons. The van der Waals surface area contributed by atoms with Crippen LogP contribution in [0.5, 0.6) is 0 Å². The van der Waals surface area contributed by atoms with E-state index in [-0.39, 0.29) is 30.7 Å². The molecule has 2 atom stereocenters. The van der Waals surface area contributed by atoms with E-state index in [0.29, 0.717) is 24.8 Å². The smallest absolute Gasteiger partial charge is 0.222 e. The highest BCUT2D eigenvalue weighted by Crippen LogP contribution is 2.32. The normalized spacial score (nSPS) is 18.1. The number of amides is 1. The van der Waals surface area contributed by atoms with Gasteiger partial charge in [-0.05, 0) is 49.4 Å². The van der Waals surface area contributed by atoms with Crippen molar-refractivity contribution in [3.05, 3.63) is 65.2 Å². The Morgan fingerprint density at radius 3 is 2.50 bits per heavy atom. The first-order chi connectivity index (χ1) is 13.7. The van der Waals surface area contributed by atoms with Crippen molar-refractivity contribution in [2.24, 2.45) is 11.7 Å². The number of carbonyl (C=O) groups excluding carboxylic acids is 1. The molecule has 4 nitrogen and oxygen atoms in total. The lowest BCUT2D eigenvalue weighted by atomic mass is 9.89. The average molecular weight is 466 g/mol. The first-order valence-electron chi connectivity index (χ1n) is 10.1. The first kappa shape index (κ1) is 24.6. The summed E-state index contributed by atoms with van der Waals surface area (Å²) in [6.45, 7) is 2.20. The third kappa shape index (κ3) is 5.73. The van der Waals surface area contributed by atoms with Crippen LogP contribution in [0.4, 0.5) is 0 Å². The molecule has 0 bridgehead atoms. The van der Waals surface area contributed by atoms with Crippen molar-refractivity contribution in [3.8, 4) is 0 Å². The van der Waals surface area contributed by atoms with E-state index in [0.717, 1.165) is 37.9 Å². The van der Waals surface area contributed by atoms with Gasteiger partial charge in [-0.3, -0.25) is 4.79 Å². The molecule has 1 fully saturated rings. The zero-order valence-electron chi connectivity index (χ0n) is 16.9. The van der Waals surface area contributed by atoms with Crippen molar-refractivity contribution in [1.82, 2.24) is 9.88 Å². The number of unbranched alkanes of at least 4 members (excludes halogenated alkanes) is 1. The molecule has 1 aliphatic rings. The van der Waals surface area contributed by atoms with Crippen LogP contribution in [0.2, 0.25) is 0 Å². The maximum atomic E-state index is 12.7. The summed E-state index contributed by atoms with van der Waals surface area (Å²) in [7, 11) is 0. The lowest BCUT2D eigenvalue weighted by Crippen LogP contribution is -2.29. The molecule has 3 aromatic rings.